The third kappa shape index (κ3) is 4.76. The molecular weight excluding hydrogens is 415 g/mol. The van der Waals surface area contributed by atoms with Crippen LogP contribution in [0.4, 0.5) is 14.5 Å². The third-order valence-corrected chi connectivity index (χ3v) is 6.66. The number of nitrogens with one attached hydrogen (secondary N) is 1. The summed E-state index contributed by atoms with van der Waals surface area (Å²) in [5.41, 5.74) is 0.00798. The Kier molecular flexibility index (Phi) is 5.88. The second-order valence-corrected chi connectivity index (χ2v) is 9.86. The van der Waals surface area contributed by atoms with Gasteiger partial charge in [-0.25, -0.2) is 8.42 Å². The Bertz CT molecular complexity index is 1010. The smallest absolute Gasteiger partial charge is 0.435 e. The molecular formula is C20H24BF2NO5S. The van der Waals surface area contributed by atoms with Gasteiger partial charge in [-0.2, -0.15) is 8.78 Å². The van der Waals surface area contributed by atoms with Crippen molar-refractivity contribution in [3.05, 3.63) is 48.0 Å². The van der Waals surface area contributed by atoms with Crippen LogP contribution >= 0.6 is 0 Å². The van der Waals surface area contributed by atoms with Crippen LogP contribution in [0.5, 0.6) is 5.75 Å². The fraction of sp³-hybridized carbons (Fsp3) is 0.400. The van der Waals surface area contributed by atoms with E-state index >= 15 is 0 Å². The van der Waals surface area contributed by atoms with Crippen LogP contribution in [-0.2, 0) is 19.3 Å². The van der Waals surface area contributed by atoms with Crippen molar-refractivity contribution in [2.24, 2.45) is 0 Å². The van der Waals surface area contributed by atoms with Crippen molar-refractivity contribution in [1.29, 1.82) is 0 Å². The maximum Gasteiger partial charge on any atom is 0.495 e. The summed E-state index contributed by atoms with van der Waals surface area (Å²) in [7, 11) is -4.81. The summed E-state index contributed by atoms with van der Waals surface area (Å²) in [6.45, 7) is 6.19. The monoisotopic (exact) mass is 439 g/mol. The zero-order valence-electron chi connectivity index (χ0n) is 17.4. The molecule has 162 valence electrons. The summed E-state index contributed by atoms with van der Waals surface area (Å²) >= 11 is 0. The van der Waals surface area contributed by atoms with Crippen molar-refractivity contribution in [3.63, 3.8) is 0 Å². The molecule has 30 heavy (non-hydrogen) atoms. The normalized spacial score (nSPS) is 17.9. The van der Waals surface area contributed by atoms with Crippen LogP contribution in [0.2, 0.25) is 0 Å². The van der Waals surface area contributed by atoms with Gasteiger partial charge in [0.2, 0.25) is 0 Å². The summed E-state index contributed by atoms with van der Waals surface area (Å²) in [6, 6.07) is 10.3. The molecule has 1 aliphatic rings. The van der Waals surface area contributed by atoms with E-state index in [1.54, 1.807) is 12.1 Å². The molecule has 1 N–H and O–H groups in total. The van der Waals surface area contributed by atoms with Gasteiger partial charge in [0.15, 0.2) is 0 Å². The lowest BCUT2D eigenvalue weighted by molar-refractivity contribution is -0.0497. The summed E-state index contributed by atoms with van der Waals surface area (Å²) in [4.78, 5) is 0.0467. The molecule has 2 aromatic rings. The maximum absolute atomic E-state index is 12.8. The molecule has 0 aliphatic carbocycles. The SMILES string of the molecule is Cc1ccc(S(=O)(=O)Nc2cc(OC(F)F)cc(B3OC(C)(C)C(C)(C)O3)c2)cc1. The molecule has 6 nitrogen and oxygen atoms in total. The van der Waals surface area contributed by atoms with Gasteiger partial charge in [-0.1, -0.05) is 17.7 Å². The molecule has 0 radical (unpaired) electrons. The van der Waals surface area contributed by atoms with Crippen molar-refractivity contribution in [2.75, 3.05) is 4.72 Å². The van der Waals surface area contributed by atoms with Gasteiger partial charge >= 0.3 is 13.7 Å². The molecule has 2 aromatic carbocycles. The Hall–Kier alpha value is -2.17. The fourth-order valence-corrected chi connectivity index (χ4v) is 3.94. The van der Waals surface area contributed by atoms with Crippen LogP contribution in [0.25, 0.3) is 0 Å². The first-order chi connectivity index (χ1) is 13.8. The fourth-order valence-electron chi connectivity index (χ4n) is 2.90. The minimum atomic E-state index is -3.94. The number of benzene rings is 2. The first-order valence-corrected chi connectivity index (χ1v) is 10.8. The molecule has 1 fully saturated rings. The van der Waals surface area contributed by atoms with Crippen LogP contribution < -0.4 is 14.9 Å². The maximum atomic E-state index is 12.8. The molecule has 1 heterocycles. The van der Waals surface area contributed by atoms with Gasteiger partial charge in [-0.15, -0.1) is 0 Å². The van der Waals surface area contributed by atoms with E-state index in [9.17, 15) is 17.2 Å². The Morgan fingerprint density at radius 3 is 2.10 bits per heavy atom. The lowest BCUT2D eigenvalue weighted by Gasteiger charge is -2.32. The molecule has 3 rings (SSSR count). The van der Waals surface area contributed by atoms with Crippen molar-refractivity contribution in [3.8, 4) is 5.75 Å². The minimum Gasteiger partial charge on any atom is -0.435 e. The Morgan fingerprint density at radius 2 is 1.57 bits per heavy atom. The Morgan fingerprint density at radius 1 is 1.00 bits per heavy atom. The van der Waals surface area contributed by atoms with E-state index in [0.717, 1.165) is 5.56 Å². The molecule has 0 bridgehead atoms. The zero-order chi connectivity index (χ0) is 22.3. The van der Waals surface area contributed by atoms with E-state index in [0.29, 0.717) is 5.46 Å². The van der Waals surface area contributed by atoms with Gasteiger partial charge in [-0.3, -0.25) is 4.72 Å². The van der Waals surface area contributed by atoms with E-state index in [-0.39, 0.29) is 16.3 Å². The predicted octanol–water partition coefficient (Wildman–Crippen LogP) is 3.70. The molecule has 1 saturated heterocycles. The summed E-state index contributed by atoms with van der Waals surface area (Å²) in [5, 5.41) is 0. The molecule has 0 unspecified atom stereocenters. The van der Waals surface area contributed by atoms with E-state index in [2.05, 4.69) is 9.46 Å². The highest BCUT2D eigenvalue weighted by molar-refractivity contribution is 7.92. The van der Waals surface area contributed by atoms with E-state index in [4.69, 9.17) is 9.31 Å². The van der Waals surface area contributed by atoms with Crippen LogP contribution in [0.1, 0.15) is 33.3 Å². The Balaban J connectivity index is 1.96. The van der Waals surface area contributed by atoms with Crippen molar-refractivity contribution < 1.29 is 31.2 Å². The summed E-state index contributed by atoms with van der Waals surface area (Å²) < 4.78 is 69.9. The second kappa shape index (κ2) is 7.83. The average molecular weight is 439 g/mol. The highest BCUT2D eigenvalue weighted by Crippen LogP contribution is 2.37. The van der Waals surface area contributed by atoms with E-state index in [1.165, 1.54) is 30.3 Å². The molecule has 0 atom stereocenters. The minimum absolute atomic E-state index is 0.0467. The van der Waals surface area contributed by atoms with Crippen LogP contribution in [-0.4, -0.2) is 33.3 Å². The molecule has 1 aliphatic heterocycles. The topological polar surface area (TPSA) is 73.9 Å². The van der Waals surface area contributed by atoms with Gasteiger partial charge < -0.3 is 14.0 Å². The van der Waals surface area contributed by atoms with E-state index in [1.807, 2.05) is 34.6 Å². The number of aryl methyl sites for hydroxylation is 1. The number of alkyl halides is 2. The summed E-state index contributed by atoms with van der Waals surface area (Å²) in [5.74, 6) is -0.209. The first-order valence-electron chi connectivity index (χ1n) is 9.34. The number of ether oxygens (including phenoxy) is 1. The van der Waals surface area contributed by atoms with Crippen LogP contribution in [0.15, 0.2) is 47.4 Å². The average Bonchev–Trinajstić information content (AvgIpc) is 2.82. The number of halogens is 2. The molecule has 10 heteroatoms. The second-order valence-electron chi connectivity index (χ2n) is 8.18. The zero-order valence-corrected chi connectivity index (χ0v) is 18.2. The van der Waals surface area contributed by atoms with Crippen molar-refractivity contribution in [1.82, 2.24) is 0 Å². The lowest BCUT2D eigenvalue weighted by atomic mass is 9.79. The van der Waals surface area contributed by atoms with Crippen LogP contribution in [0, 0.1) is 6.92 Å². The molecule has 0 saturated carbocycles. The summed E-state index contributed by atoms with van der Waals surface area (Å²) in [6.07, 6.45) is 0. The number of rotatable bonds is 6. The molecule has 0 amide bonds. The van der Waals surface area contributed by atoms with E-state index < -0.39 is 35.0 Å². The van der Waals surface area contributed by atoms with Gasteiger partial charge in [0.1, 0.15) is 5.75 Å². The van der Waals surface area contributed by atoms with Gasteiger partial charge in [-0.05, 0) is 64.3 Å². The largest absolute Gasteiger partial charge is 0.495 e. The van der Waals surface area contributed by atoms with Crippen LogP contribution in [0.3, 0.4) is 0 Å². The first kappa shape index (κ1) is 22.5. The van der Waals surface area contributed by atoms with Crippen molar-refractivity contribution in [2.45, 2.75) is 57.3 Å². The molecule has 0 spiro atoms. The highest BCUT2D eigenvalue weighted by atomic mass is 32.2. The number of hydrogen-bond donors (Lipinski definition) is 1. The standard InChI is InChI=1S/C20H24BF2NO5S/c1-13-6-8-17(9-7-13)30(25,26)24-15-10-14(11-16(12-15)27-18(22)23)21-28-19(2,3)20(4,5)29-21/h6-12,18,24H,1-5H3. The predicted molar refractivity (Wildman–Crippen MR) is 111 cm³/mol. The quantitative estimate of drug-likeness (QED) is 0.695. The Labute approximate surface area is 175 Å². The number of hydrogen-bond acceptors (Lipinski definition) is 5. The number of sulfonamides is 1. The van der Waals surface area contributed by atoms with Gasteiger partial charge in [0.25, 0.3) is 10.0 Å². The van der Waals surface area contributed by atoms with Gasteiger partial charge in [0, 0.05) is 6.07 Å². The highest BCUT2D eigenvalue weighted by Gasteiger charge is 2.51. The lowest BCUT2D eigenvalue weighted by Crippen LogP contribution is -2.41. The number of anilines is 1. The third-order valence-electron chi connectivity index (χ3n) is 5.26. The molecule has 0 aromatic heterocycles. The van der Waals surface area contributed by atoms with Gasteiger partial charge in [0.05, 0.1) is 21.8 Å². The van der Waals surface area contributed by atoms with Crippen molar-refractivity contribution >= 4 is 28.3 Å².